The van der Waals surface area contributed by atoms with E-state index in [-0.39, 0.29) is 11.1 Å². The average Bonchev–Trinajstić information content (AvgIpc) is 2.98. The molecule has 1 aliphatic heterocycles. The first-order chi connectivity index (χ1) is 10.6. The van der Waals surface area contributed by atoms with Crippen LogP contribution < -0.4 is 5.32 Å². The molecule has 1 atom stereocenters. The van der Waals surface area contributed by atoms with Crippen LogP contribution in [0.5, 0.6) is 0 Å². The quantitative estimate of drug-likeness (QED) is 0.941. The molecule has 0 bridgehead atoms. The van der Waals surface area contributed by atoms with Gasteiger partial charge in [0.15, 0.2) is 5.82 Å². The molecule has 1 aliphatic rings. The summed E-state index contributed by atoms with van der Waals surface area (Å²) in [5.74, 6) is 0.632. The van der Waals surface area contributed by atoms with Crippen molar-refractivity contribution >= 4 is 23.8 Å². The number of hydrogen-bond acceptors (Lipinski definition) is 5. The van der Waals surface area contributed by atoms with Crippen LogP contribution >= 0.6 is 11.6 Å². The van der Waals surface area contributed by atoms with E-state index >= 15 is 0 Å². The first kappa shape index (κ1) is 15.1. The summed E-state index contributed by atoms with van der Waals surface area (Å²) in [4.78, 5) is 6.58. The van der Waals surface area contributed by atoms with Crippen LogP contribution in [-0.4, -0.2) is 41.7 Å². The number of likely N-dealkylation sites (N-methyl/N-ethyl adjacent to an activating group) is 1. The zero-order valence-corrected chi connectivity index (χ0v) is 12.8. The van der Waals surface area contributed by atoms with Crippen LogP contribution in [0, 0.1) is 5.82 Å². The van der Waals surface area contributed by atoms with Crippen molar-refractivity contribution < 1.29 is 8.91 Å². The summed E-state index contributed by atoms with van der Waals surface area (Å²) >= 11 is 5.74. The normalized spacial score (nSPS) is 19.9. The van der Waals surface area contributed by atoms with Crippen molar-refractivity contribution in [1.29, 1.82) is 0 Å². The average molecular weight is 323 g/mol. The molecule has 3 rings (SSSR count). The lowest BCUT2D eigenvalue weighted by Crippen LogP contribution is -2.44. The minimum Gasteiger partial charge on any atom is -0.335 e. The third-order valence-corrected chi connectivity index (χ3v) is 3.92. The molecular formula is C15H16ClFN4O. The second-order valence-corrected chi connectivity index (χ2v) is 5.61. The SMILES string of the molecule is CN1CCNCC1c1noc(/C=C/c2ccc(F)c(Cl)c2)n1. The molecule has 7 heteroatoms. The van der Waals surface area contributed by atoms with E-state index in [0.29, 0.717) is 11.7 Å². The number of benzene rings is 1. The highest BCUT2D eigenvalue weighted by molar-refractivity contribution is 6.30. The van der Waals surface area contributed by atoms with Crippen LogP contribution in [0.3, 0.4) is 0 Å². The van der Waals surface area contributed by atoms with Gasteiger partial charge in [0.05, 0.1) is 11.1 Å². The van der Waals surface area contributed by atoms with Gasteiger partial charge in [0.25, 0.3) is 5.89 Å². The molecular weight excluding hydrogens is 307 g/mol. The molecule has 0 radical (unpaired) electrons. The van der Waals surface area contributed by atoms with Crippen molar-refractivity contribution in [2.45, 2.75) is 6.04 Å². The van der Waals surface area contributed by atoms with Gasteiger partial charge in [-0.05, 0) is 30.8 Å². The topological polar surface area (TPSA) is 54.2 Å². The molecule has 1 fully saturated rings. The Kier molecular flexibility index (Phi) is 4.52. The first-order valence-corrected chi connectivity index (χ1v) is 7.39. The van der Waals surface area contributed by atoms with Gasteiger partial charge in [0.1, 0.15) is 5.82 Å². The fourth-order valence-corrected chi connectivity index (χ4v) is 2.52. The lowest BCUT2D eigenvalue weighted by molar-refractivity contribution is 0.190. The maximum Gasteiger partial charge on any atom is 0.250 e. The largest absolute Gasteiger partial charge is 0.335 e. The zero-order valence-electron chi connectivity index (χ0n) is 12.1. The van der Waals surface area contributed by atoms with E-state index < -0.39 is 5.82 Å². The molecule has 1 saturated heterocycles. The van der Waals surface area contributed by atoms with Crippen molar-refractivity contribution in [2.24, 2.45) is 0 Å². The summed E-state index contributed by atoms with van der Waals surface area (Å²) in [5, 5.41) is 7.43. The summed E-state index contributed by atoms with van der Waals surface area (Å²) in [5.41, 5.74) is 0.766. The maximum atomic E-state index is 13.1. The smallest absolute Gasteiger partial charge is 0.250 e. The van der Waals surface area contributed by atoms with Gasteiger partial charge in [-0.1, -0.05) is 22.8 Å². The predicted octanol–water partition coefficient (Wildman–Crippen LogP) is 2.61. The molecule has 1 unspecified atom stereocenters. The van der Waals surface area contributed by atoms with Crippen LogP contribution in [0.2, 0.25) is 5.02 Å². The Morgan fingerprint density at radius 2 is 2.32 bits per heavy atom. The Labute approximate surface area is 132 Å². The van der Waals surface area contributed by atoms with Gasteiger partial charge in [-0.25, -0.2) is 4.39 Å². The van der Waals surface area contributed by atoms with E-state index in [0.717, 1.165) is 25.2 Å². The molecule has 0 spiro atoms. The molecule has 1 aromatic heterocycles. The number of nitrogens with zero attached hydrogens (tertiary/aromatic N) is 3. The first-order valence-electron chi connectivity index (χ1n) is 7.01. The maximum absolute atomic E-state index is 13.1. The Morgan fingerprint density at radius 3 is 3.09 bits per heavy atom. The minimum absolute atomic E-state index is 0.0864. The van der Waals surface area contributed by atoms with Gasteiger partial charge in [-0.2, -0.15) is 4.98 Å². The highest BCUT2D eigenvalue weighted by Gasteiger charge is 2.24. The monoisotopic (exact) mass is 322 g/mol. The van der Waals surface area contributed by atoms with Gasteiger partial charge >= 0.3 is 0 Å². The number of piperazine rings is 1. The van der Waals surface area contributed by atoms with E-state index in [1.165, 1.54) is 6.07 Å². The lowest BCUT2D eigenvalue weighted by atomic mass is 10.2. The molecule has 0 saturated carbocycles. The molecule has 22 heavy (non-hydrogen) atoms. The molecule has 1 N–H and O–H groups in total. The van der Waals surface area contributed by atoms with Crippen LogP contribution in [0.15, 0.2) is 22.7 Å². The number of nitrogens with one attached hydrogen (secondary N) is 1. The molecule has 2 aromatic rings. The lowest BCUT2D eigenvalue weighted by Gasteiger charge is -2.30. The fourth-order valence-electron chi connectivity index (χ4n) is 2.33. The van der Waals surface area contributed by atoms with E-state index in [4.69, 9.17) is 16.1 Å². The predicted molar refractivity (Wildman–Crippen MR) is 82.9 cm³/mol. The molecule has 5 nitrogen and oxygen atoms in total. The van der Waals surface area contributed by atoms with E-state index in [9.17, 15) is 4.39 Å². The number of hydrogen-bond donors (Lipinski definition) is 1. The van der Waals surface area contributed by atoms with E-state index in [1.807, 2.05) is 7.05 Å². The second kappa shape index (κ2) is 6.56. The van der Waals surface area contributed by atoms with Gasteiger partial charge in [-0.15, -0.1) is 0 Å². The Hall–Kier alpha value is -1.76. The van der Waals surface area contributed by atoms with Crippen molar-refractivity contribution in [3.63, 3.8) is 0 Å². The summed E-state index contributed by atoms with van der Waals surface area (Å²) < 4.78 is 18.3. The molecule has 2 heterocycles. The fraction of sp³-hybridized carbons (Fsp3) is 0.333. The summed E-state index contributed by atoms with van der Waals surface area (Å²) in [6.07, 6.45) is 3.45. The van der Waals surface area contributed by atoms with E-state index in [2.05, 4.69) is 20.4 Å². The second-order valence-electron chi connectivity index (χ2n) is 5.20. The van der Waals surface area contributed by atoms with Crippen molar-refractivity contribution in [2.75, 3.05) is 26.7 Å². The number of halogens is 2. The third kappa shape index (κ3) is 3.35. The van der Waals surface area contributed by atoms with Gasteiger partial charge in [-0.3, -0.25) is 4.90 Å². The van der Waals surface area contributed by atoms with Crippen LogP contribution in [0.25, 0.3) is 12.2 Å². The Morgan fingerprint density at radius 1 is 1.45 bits per heavy atom. The van der Waals surface area contributed by atoms with Gasteiger partial charge < -0.3 is 9.84 Å². The van der Waals surface area contributed by atoms with Crippen LogP contribution in [0.1, 0.15) is 23.3 Å². The molecule has 1 aromatic carbocycles. The van der Waals surface area contributed by atoms with Crippen molar-refractivity contribution in [1.82, 2.24) is 20.4 Å². The number of rotatable bonds is 3. The van der Waals surface area contributed by atoms with E-state index in [1.54, 1.807) is 24.3 Å². The molecule has 116 valence electrons. The zero-order chi connectivity index (χ0) is 15.5. The standard InChI is InChI=1S/C15H16ClFN4O/c1-21-7-6-18-9-13(21)15-19-14(22-20-15)5-3-10-2-4-12(17)11(16)8-10/h2-5,8,13,18H,6-7,9H2,1H3/b5-3+. The molecule has 0 aliphatic carbocycles. The van der Waals surface area contributed by atoms with Crippen molar-refractivity contribution in [3.05, 3.63) is 46.3 Å². The third-order valence-electron chi connectivity index (χ3n) is 3.63. The van der Waals surface area contributed by atoms with Crippen molar-refractivity contribution in [3.8, 4) is 0 Å². The van der Waals surface area contributed by atoms with Crippen LogP contribution in [0.4, 0.5) is 4.39 Å². The van der Waals surface area contributed by atoms with Gasteiger partial charge in [0.2, 0.25) is 0 Å². The summed E-state index contributed by atoms with van der Waals surface area (Å²) in [6.45, 7) is 2.70. The Bertz CT molecular complexity index is 688. The highest BCUT2D eigenvalue weighted by atomic mass is 35.5. The molecule has 0 amide bonds. The summed E-state index contributed by atoms with van der Waals surface area (Å²) in [6, 6.07) is 4.61. The number of aromatic nitrogens is 2. The van der Waals surface area contributed by atoms with Gasteiger partial charge in [0, 0.05) is 25.7 Å². The summed E-state index contributed by atoms with van der Waals surface area (Å²) in [7, 11) is 2.04. The minimum atomic E-state index is -0.438. The Balaban J connectivity index is 1.73. The van der Waals surface area contributed by atoms with Crippen LogP contribution in [-0.2, 0) is 0 Å². The highest BCUT2D eigenvalue weighted by Crippen LogP contribution is 2.20.